The molecule has 1 aliphatic carbocycles. The minimum absolute atomic E-state index is 0.332. The van der Waals surface area contributed by atoms with E-state index in [0.717, 1.165) is 6.42 Å². The highest BCUT2D eigenvalue weighted by molar-refractivity contribution is 5.67. The molecule has 0 saturated carbocycles. The van der Waals surface area contributed by atoms with Crippen LogP contribution in [0.25, 0.3) is 0 Å². The van der Waals surface area contributed by atoms with Gasteiger partial charge in [0.1, 0.15) is 6.10 Å². The lowest BCUT2D eigenvalue weighted by Gasteiger charge is -2.26. The van der Waals surface area contributed by atoms with E-state index in [0.29, 0.717) is 6.42 Å². The van der Waals surface area contributed by atoms with Crippen LogP contribution < -0.4 is 0 Å². The lowest BCUT2D eigenvalue weighted by molar-refractivity contribution is -0.162. The van der Waals surface area contributed by atoms with Crippen LogP contribution in [0.15, 0.2) is 12.2 Å². The Kier molecular flexibility index (Phi) is 3.68. The van der Waals surface area contributed by atoms with E-state index in [4.69, 9.17) is 9.47 Å². The van der Waals surface area contributed by atoms with Crippen molar-refractivity contribution in [3.05, 3.63) is 12.2 Å². The van der Waals surface area contributed by atoms with Crippen molar-refractivity contribution in [2.24, 2.45) is 0 Å². The Morgan fingerprint density at radius 3 is 2.43 bits per heavy atom. The average molecular weight is 198 g/mol. The molecule has 4 heteroatoms. The van der Waals surface area contributed by atoms with Gasteiger partial charge in [0.25, 0.3) is 0 Å². The zero-order valence-electron chi connectivity index (χ0n) is 8.36. The SMILES string of the molecule is CC(=O)OC1C=CCCC1OC(C)=O. The van der Waals surface area contributed by atoms with Crippen molar-refractivity contribution in [1.29, 1.82) is 0 Å². The summed E-state index contributed by atoms with van der Waals surface area (Å²) in [5.41, 5.74) is 0. The first-order valence-corrected chi connectivity index (χ1v) is 4.60. The van der Waals surface area contributed by atoms with Gasteiger partial charge in [-0.25, -0.2) is 0 Å². The van der Waals surface area contributed by atoms with Gasteiger partial charge in [0.2, 0.25) is 0 Å². The number of esters is 2. The molecule has 2 unspecified atom stereocenters. The van der Waals surface area contributed by atoms with Crippen LogP contribution in [-0.2, 0) is 19.1 Å². The maximum absolute atomic E-state index is 10.8. The van der Waals surface area contributed by atoms with Gasteiger partial charge in [-0.1, -0.05) is 6.08 Å². The second kappa shape index (κ2) is 4.79. The van der Waals surface area contributed by atoms with Crippen LogP contribution in [0.3, 0.4) is 0 Å². The quantitative estimate of drug-likeness (QED) is 0.494. The van der Waals surface area contributed by atoms with Gasteiger partial charge >= 0.3 is 11.9 Å². The van der Waals surface area contributed by atoms with Crippen molar-refractivity contribution in [1.82, 2.24) is 0 Å². The molecule has 78 valence electrons. The molecule has 2 atom stereocenters. The fourth-order valence-corrected chi connectivity index (χ4v) is 1.43. The summed E-state index contributed by atoms with van der Waals surface area (Å²) in [7, 11) is 0. The van der Waals surface area contributed by atoms with E-state index in [1.807, 2.05) is 6.08 Å². The number of carbonyl (C=O) groups is 2. The Hall–Kier alpha value is -1.32. The number of rotatable bonds is 2. The molecule has 0 aromatic carbocycles. The molecule has 0 bridgehead atoms. The summed E-state index contributed by atoms with van der Waals surface area (Å²) >= 11 is 0. The highest BCUT2D eigenvalue weighted by atomic mass is 16.6. The van der Waals surface area contributed by atoms with Gasteiger partial charge in [-0.15, -0.1) is 0 Å². The van der Waals surface area contributed by atoms with Crippen molar-refractivity contribution in [2.45, 2.75) is 38.9 Å². The average Bonchev–Trinajstić information content (AvgIpc) is 2.06. The van der Waals surface area contributed by atoms with E-state index < -0.39 is 6.10 Å². The molecule has 0 spiro atoms. The van der Waals surface area contributed by atoms with Gasteiger partial charge in [-0.3, -0.25) is 9.59 Å². The molecule has 0 aromatic heterocycles. The van der Waals surface area contributed by atoms with Crippen LogP contribution in [0.5, 0.6) is 0 Å². The topological polar surface area (TPSA) is 52.6 Å². The molecule has 0 aromatic rings. The Morgan fingerprint density at radius 1 is 1.21 bits per heavy atom. The standard InChI is InChI=1S/C10H14O4/c1-7(11)13-9-5-3-4-6-10(9)14-8(2)12/h3,5,9-10H,4,6H2,1-2H3. The lowest BCUT2D eigenvalue weighted by Crippen LogP contribution is -2.34. The minimum atomic E-state index is -0.426. The molecule has 0 saturated heterocycles. The Morgan fingerprint density at radius 2 is 1.86 bits per heavy atom. The maximum Gasteiger partial charge on any atom is 0.303 e. The Bertz CT molecular complexity index is 257. The van der Waals surface area contributed by atoms with Crippen molar-refractivity contribution in [2.75, 3.05) is 0 Å². The minimum Gasteiger partial charge on any atom is -0.458 e. The zero-order valence-corrected chi connectivity index (χ0v) is 8.36. The van der Waals surface area contributed by atoms with Crippen molar-refractivity contribution in [3.8, 4) is 0 Å². The third-order valence-corrected chi connectivity index (χ3v) is 1.93. The van der Waals surface area contributed by atoms with Crippen molar-refractivity contribution < 1.29 is 19.1 Å². The summed E-state index contributed by atoms with van der Waals surface area (Å²) in [5.74, 6) is -0.707. The Balaban J connectivity index is 2.57. The van der Waals surface area contributed by atoms with Crippen LogP contribution in [0, 0.1) is 0 Å². The molecule has 0 fully saturated rings. The molecule has 0 heterocycles. The Labute approximate surface area is 82.9 Å². The van der Waals surface area contributed by atoms with E-state index in [1.54, 1.807) is 6.08 Å². The molecule has 4 nitrogen and oxygen atoms in total. The second-order valence-corrected chi connectivity index (χ2v) is 3.23. The highest BCUT2D eigenvalue weighted by Gasteiger charge is 2.26. The van der Waals surface area contributed by atoms with Gasteiger partial charge < -0.3 is 9.47 Å². The van der Waals surface area contributed by atoms with Gasteiger partial charge in [0.05, 0.1) is 0 Å². The molecule has 0 radical (unpaired) electrons. The molecular formula is C10H14O4. The summed E-state index contributed by atoms with van der Waals surface area (Å²) in [6.07, 6.45) is 4.47. The van der Waals surface area contributed by atoms with E-state index in [-0.39, 0.29) is 18.0 Å². The van der Waals surface area contributed by atoms with Gasteiger partial charge in [-0.05, 0) is 18.9 Å². The first-order chi connectivity index (χ1) is 6.59. The van der Waals surface area contributed by atoms with E-state index in [1.165, 1.54) is 13.8 Å². The fourth-order valence-electron chi connectivity index (χ4n) is 1.43. The number of hydrogen-bond donors (Lipinski definition) is 0. The van der Waals surface area contributed by atoms with E-state index in [2.05, 4.69) is 0 Å². The molecule has 1 rings (SSSR count). The second-order valence-electron chi connectivity index (χ2n) is 3.23. The van der Waals surface area contributed by atoms with Crippen LogP contribution in [0.1, 0.15) is 26.7 Å². The van der Waals surface area contributed by atoms with Gasteiger partial charge in [-0.2, -0.15) is 0 Å². The van der Waals surface area contributed by atoms with Crippen LogP contribution >= 0.6 is 0 Å². The van der Waals surface area contributed by atoms with E-state index in [9.17, 15) is 9.59 Å². The summed E-state index contributed by atoms with van der Waals surface area (Å²) in [6, 6.07) is 0. The first kappa shape index (κ1) is 10.8. The smallest absolute Gasteiger partial charge is 0.303 e. The third-order valence-electron chi connectivity index (χ3n) is 1.93. The highest BCUT2D eigenvalue weighted by Crippen LogP contribution is 2.18. The normalized spacial score (nSPS) is 25.6. The molecule has 14 heavy (non-hydrogen) atoms. The summed E-state index contributed by atoms with van der Waals surface area (Å²) in [4.78, 5) is 21.5. The number of carbonyl (C=O) groups excluding carboxylic acids is 2. The number of allylic oxidation sites excluding steroid dienone is 1. The van der Waals surface area contributed by atoms with Crippen LogP contribution in [-0.4, -0.2) is 24.1 Å². The fraction of sp³-hybridized carbons (Fsp3) is 0.600. The lowest BCUT2D eigenvalue weighted by atomic mass is 10.0. The molecule has 1 aliphatic rings. The van der Waals surface area contributed by atoms with Crippen molar-refractivity contribution in [3.63, 3.8) is 0 Å². The first-order valence-electron chi connectivity index (χ1n) is 4.60. The monoisotopic (exact) mass is 198 g/mol. The molecule has 0 amide bonds. The summed E-state index contributed by atoms with van der Waals surface area (Å²) in [6.45, 7) is 2.69. The largest absolute Gasteiger partial charge is 0.458 e. The maximum atomic E-state index is 10.8. The zero-order chi connectivity index (χ0) is 10.6. The summed E-state index contributed by atoms with van der Waals surface area (Å²) < 4.78 is 10.0. The molecular weight excluding hydrogens is 184 g/mol. The van der Waals surface area contributed by atoms with Crippen molar-refractivity contribution >= 4 is 11.9 Å². The molecule has 0 N–H and O–H groups in total. The third kappa shape index (κ3) is 3.20. The predicted molar refractivity (Wildman–Crippen MR) is 49.5 cm³/mol. The van der Waals surface area contributed by atoms with Gasteiger partial charge in [0, 0.05) is 13.8 Å². The van der Waals surface area contributed by atoms with E-state index >= 15 is 0 Å². The number of hydrogen-bond acceptors (Lipinski definition) is 4. The van der Waals surface area contributed by atoms with Crippen LogP contribution in [0.2, 0.25) is 0 Å². The summed E-state index contributed by atoms with van der Waals surface area (Å²) in [5, 5.41) is 0. The molecule has 0 aliphatic heterocycles. The predicted octanol–water partition coefficient (Wildman–Crippen LogP) is 1.20. The number of ether oxygens (including phenoxy) is 2. The van der Waals surface area contributed by atoms with Crippen LogP contribution in [0.4, 0.5) is 0 Å². The van der Waals surface area contributed by atoms with Gasteiger partial charge in [0.15, 0.2) is 6.10 Å².